The second-order valence-electron chi connectivity index (χ2n) is 7.79. The number of hydrogen-bond acceptors (Lipinski definition) is 5. The number of carbonyl (C=O) groups excluding carboxylic acids is 2. The van der Waals surface area contributed by atoms with Gasteiger partial charge in [-0.2, -0.15) is 13.2 Å². The maximum atomic E-state index is 14.3. The molecule has 0 fully saturated rings. The van der Waals surface area contributed by atoms with E-state index in [-0.39, 0.29) is 25.4 Å². The Bertz CT molecular complexity index is 1270. The van der Waals surface area contributed by atoms with Gasteiger partial charge in [0.15, 0.2) is 0 Å². The number of nitrogens with zero attached hydrogens (tertiary/aromatic N) is 2. The lowest BCUT2D eigenvalue weighted by molar-refractivity contribution is -0.196. The number of ether oxygens (including phenoxy) is 2. The molecule has 1 aliphatic rings. The fourth-order valence-corrected chi connectivity index (χ4v) is 3.96. The molecule has 3 aromatic rings. The van der Waals surface area contributed by atoms with E-state index in [1.807, 2.05) is 6.07 Å². The van der Waals surface area contributed by atoms with Crippen LogP contribution in [0.3, 0.4) is 0 Å². The van der Waals surface area contributed by atoms with Gasteiger partial charge in [0.05, 0.1) is 13.7 Å². The van der Waals surface area contributed by atoms with Gasteiger partial charge in [0.1, 0.15) is 11.6 Å². The molecule has 11 heteroatoms. The number of amides is 2. The second-order valence-corrected chi connectivity index (χ2v) is 7.79. The average molecular weight is 488 g/mol. The highest BCUT2D eigenvalue weighted by Crippen LogP contribution is 2.38. The normalized spacial score (nSPS) is 18.0. The second kappa shape index (κ2) is 9.32. The van der Waals surface area contributed by atoms with Crippen LogP contribution in [0.15, 0.2) is 59.7 Å². The highest BCUT2D eigenvalue weighted by Gasteiger charge is 2.67. The number of amidine groups is 1. The highest BCUT2D eigenvalue weighted by molar-refractivity contribution is 6.16. The smallest absolute Gasteiger partial charge is 0.442 e. The Morgan fingerprint density at radius 3 is 2.60 bits per heavy atom. The van der Waals surface area contributed by atoms with E-state index in [0.29, 0.717) is 11.3 Å². The minimum absolute atomic E-state index is 0.103. The molecule has 0 radical (unpaired) electrons. The molecule has 35 heavy (non-hydrogen) atoms. The number of benzene rings is 2. The molecule has 1 unspecified atom stereocenters. The number of H-pyrrole nitrogens is 1. The van der Waals surface area contributed by atoms with E-state index >= 15 is 0 Å². The predicted octanol–water partition coefficient (Wildman–Crippen LogP) is 4.01. The molecule has 8 nitrogen and oxygen atoms in total. The van der Waals surface area contributed by atoms with Crippen molar-refractivity contribution in [2.75, 3.05) is 20.3 Å². The Balaban J connectivity index is 1.70. The molecule has 0 saturated carbocycles. The van der Waals surface area contributed by atoms with Crippen molar-refractivity contribution in [3.05, 3.63) is 65.9 Å². The summed E-state index contributed by atoms with van der Waals surface area (Å²) in [7, 11) is 1.55. The van der Waals surface area contributed by atoms with Crippen LogP contribution in [0.5, 0.6) is 5.75 Å². The number of hydrogen-bond donors (Lipinski definition) is 2. The summed E-state index contributed by atoms with van der Waals surface area (Å²) in [6.07, 6.45) is -4.63. The van der Waals surface area contributed by atoms with Crippen LogP contribution in [0, 0.1) is 0 Å². The van der Waals surface area contributed by atoms with Gasteiger partial charge in [-0.15, -0.1) is 0 Å². The van der Waals surface area contributed by atoms with E-state index in [9.17, 15) is 22.8 Å². The molecule has 2 amide bonds. The van der Waals surface area contributed by atoms with Crippen molar-refractivity contribution in [3.63, 3.8) is 0 Å². The van der Waals surface area contributed by atoms with Gasteiger partial charge in [0.2, 0.25) is 0 Å². The van der Waals surface area contributed by atoms with Crippen molar-refractivity contribution in [1.29, 1.82) is 0 Å². The van der Waals surface area contributed by atoms with Gasteiger partial charge in [0.25, 0.3) is 5.91 Å². The molecule has 1 aliphatic heterocycles. The third kappa shape index (κ3) is 4.41. The third-order valence-corrected chi connectivity index (χ3v) is 5.66. The van der Waals surface area contributed by atoms with Crippen LogP contribution in [0.1, 0.15) is 18.1 Å². The predicted molar refractivity (Wildman–Crippen MR) is 122 cm³/mol. The van der Waals surface area contributed by atoms with Crippen LogP contribution in [-0.4, -0.2) is 59.8 Å². The average Bonchev–Trinajstić information content (AvgIpc) is 3.36. The number of aromatic amines is 1. The van der Waals surface area contributed by atoms with Crippen LogP contribution in [0.4, 0.5) is 18.0 Å². The monoisotopic (exact) mass is 488 g/mol. The first kappa shape index (κ1) is 24.1. The van der Waals surface area contributed by atoms with E-state index < -0.39 is 23.8 Å². The molecule has 1 atom stereocenters. The van der Waals surface area contributed by atoms with Crippen LogP contribution in [-0.2, 0) is 16.0 Å². The minimum Gasteiger partial charge on any atom is -0.497 e. The summed E-state index contributed by atoms with van der Waals surface area (Å²) < 4.78 is 52.7. The Morgan fingerprint density at radius 2 is 1.94 bits per heavy atom. The SMILES string of the molecule is CCOC(=O)NC1(C(F)(F)F)N=C(c2ccccc2)N(CCc2c[nH]c3cc(OC)ccc23)C1=O. The lowest BCUT2D eigenvalue weighted by atomic mass is 10.1. The third-order valence-electron chi connectivity index (χ3n) is 5.66. The number of aliphatic imine (C=N–C) groups is 1. The number of halogens is 3. The summed E-state index contributed by atoms with van der Waals surface area (Å²) in [6, 6.07) is 13.4. The van der Waals surface area contributed by atoms with Crippen molar-refractivity contribution in [2.24, 2.45) is 4.99 Å². The fourth-order valence-electron chi connectivity index (χ4n) is 3.96. The lowest BCUT2D eigenvalue weighted by Gasteiger charge is -2.28. The van der Waals surface area contributed by atoms with Gasteiger partial charge in [-0.1, -0.05) is 30.3 Å². The number of alkyl halides is 3. The largest absolute Gasteiger partial charge is 0.497 e. The van der Waals surface area contributed by atoms with Crippen LogP contribution < -0.4 is 10.1 Å². The van der Waals surface area contributed by atoms with E-state index in [1.54, 1.807) is 61.1 Å². The van der Waals surface area contributed by atoms with Gasteiger partial charge in [0, 0.05) is 35.3 Å². The first-order chi connectivity index (χ1) is 16.7. The van der Waals surface area contributed by atoms with Crippen LogP contribution >= 0.6 is 0 Å². The molecule has 4 rings (SSSR count). The number of aromatic nitrogens is 1. The molecule has 0 aliphatic carbocycles. The minimum atomic E-state index is -5.21. The molecule has 0 saturated heterocycles. The van der Waals surface area contributed by atoms with Gasteiger partial charge >= 0.3 is 17.9 Å². The van der Waals surface area contributed by atoms with Crippen LogP contribution in [0.2, 0.25) is 0 Å². The quantitative estimate of drug-likeness (QED) is 0.525. The molecule has 0 bridgehead atoms. The number of methoxy groups -OCH3 is 1. The van der Waals surface area contributed by atoms with E-state index in [2.05, 4.69) is 14.7 Å². The summed E-state index contributed by atoms with van der Waals surface area (Å²) >= 11 is 0. The number of nitrogens with one attached hydrogen (secondary N) is 2. The first-order valence-corrected chi connectivity index (χ1v) is 10.8. The first-order valence-electron chi connectivity index (χ1n) is 10.8. The number of carbonyl (C=O) groups is 2. The van der Waals surface area contributed by atoms with E-state index in [1.165, 1.54) is 6.92 Å². The summed E-state index contributed by atoms with van der Waals surface area (Å²) in [4.78, 5) is 33.1. The molecular formula is C24H23F3N4O4. The Kier molecular flexibility index (Phi) is 6.42. The Morgan fingerprint density at radius 1 is 1.20 bits per heavy atom. The molecular weight excluding hydrogens is 465 g/mol. The standard InChI is InChI=1S/C24H23F3N4O4/c1-3-35-22(33)30-23(24(25,26)27)21(32)31(20(29-23)15-7-5-4-6-8-15)12-11-16-14-28-19-13-17(34-2)9-10-18(16)19/h4-10,13-14,28H,3,11-12H2,1-2H3,(H,30,33). The number of fused-ring (bicyclic) bond motifs is 1. The summed E-state index contributed by atoms with van der Waals surface area (Å²) in [5, 5.41) is 2.51. The molecule has 2 aromatic carbocycles. The fraction of sp³-hybridized carbons (Fsp3) is 0.292. The molecule has 2 heterocycles. The zero-order valence-corrected chi connectivity index (χ0v) is 19.0. The van der Waals surface area contributed by atoms with Crippen molar-refractivity contribution < 1.29 is 32.2 Å². The summed E-state index contributed by atoms with van der Waals surface area (Å²) in [5.74, 6) is -0.941. The molecule has 0 spiro atoms. The van der Waals surface area contributed by atoms with Crippen molar-refractivity contribution in [1.82, 2.24) is 15.2 Å². The Labute approximate surface area is 198 Å². The molecule has 184 valence electrons. The number of alkyl carbamates (subject to hydrolysis) is 1. The van der Waals surface area contributed by atoms with Crippen LogP contribution in [0.25, 0.3) is 10.9 Å². The Hall–Kier alpha value is -4.02. The zero-order chi connectivity index (χ0) is 25.2. The molecule has 1 aromatic heterocycles. The lowest BCUT2D eigenvalue weighted by Crippen LogP contribution is -2.63. The van der Waals surface area contributed by atoms with Gasteiger partial charge in [-0.3, -0.25) is 15.0 Å². The van der Waals surface area contributed by atoms with Gasteiger partial charge in [-0.25, -0.2) is 9.79 Å². The maximum absolute atomic E-state index is 14.3. The zero-order valence-electron chi connectivity index (χ0n) is 19.0. The van der Waals surface area contributed by atoms with E-state index in [4.69, 9.17) is 4.74 Å². The van der Waals surface area contributed by atoms with Crippen molar-refractivity contribution >= 4 is 28.7 Å². The van der Waals surface area contributed by atoms with Gasteiger partial charge in [-0.05, 0) is 31.0 Å². The highest BCUT2D eigenvalue weighted by atomic mass is 19.4. The maximum Gasteiger partial charge on any atom is 0.442 e. The summed E-state index contributed by atoms with van der Waals surface area (Å²) in [5.41, 5.74) is -1.59. The number of rotatable bonds is 7. The van der Waals surface area contributed by atoms with Crippen molar-refractivity contribution in [3.8, 4) is 5.75 Å². The van der Waals surface area contributed by atoms with Crippen molar-refractivity contribution in [2.45, 2.75) is 25.2 Å². The topological polar surface area (TPSA) is 96.0 Å². The van der Waals surface area contributed by atoms with E-state index in [0.717, 1.165) is 21.4 Å². The summed E-state index contributed by atoms with van der Waals surface area (Å²) in [6.45, 7) is 1.17. The van der Waals surface area contributed by atoms with Gasteiger partial charge < -0.3 is 14.5 Å². The molecule has 2 N–H and O–H groups in total.